The molecule has 1 saturated heterocycles. The van der Waals surface area contributed by atoms with Crippen molar-refractivity contribution >= 4 is 17.4 Å². The van der Waals surface area contributed by atoms with Gasteiger partial charge in [-0.3, -0.25) is 9.59 Å². The van der Waals surface area contributed by atoms with Gasteiger partial charge < -0.3 is 19.5 Å². The number of likely N-dealkylation sites (tertiary alicyclic amines) is 1. The highest BCUT2D eigenvalue weighted by molar-refractivity contribution is 6.46. The molecule has 2 heterocycles. The minimum Gasteiger partial charge on any atom is -0.507 e. The Kier molecular flexibility index (Phi) is 5.98. The molecule has 1 N–H and O–H groups in total. The standard InChI is InChI=1S/C25H27NO5/c1-3-4-5-6-13-26-22(18-11-12-19-20(14-18)31-15-30-19)21(24(28)25(26)29)23(27)17-9-7-16(2)8-10-17/h7-12,14,22,27H,3-6,13,15H2,1-2H3/t22-/m1/s1. The fourth-order valence-electron chi connectivity index (χ4n) is 4.12. The summed E-state index contributed by atoms with van der Waals surface area (Å²) in [7, 11) is 0. The maximum absolute atomic E-state index is 13.0. The van der Waals surface area contributed by atoms with Crippen molar-refractivity contribution in [1.29, 1.82) is 0 Å². The number of hydrogen-bond donors (Lipinski definition) is 1. The summed E-state index contributed by atoms with van der Waals surface area (Å²) in [4.78, 5) is 27.6. The van der Waals surface area contributed by atoms with Crippen molar-refractivity contribution in [2.24, 2.45) is 0 Å². The molecule has 162 valence electrons. The van der Waals surface area contributed by atoms with Gasteiger partial charge in [0.15, 0.2) is 11.5 Å². The second-order valence-electron chi connectivity index (χ2n) is 8.03. The molecule has 2 aliphatic heterocycles. The van der Waals surface area contributed by atoms with Crippen molar-refractivity contribution in [1.82, 2.24) is 4.90 Å². The van der Waals surface area contributed by atoms with E-state index in [9.17, 15) is 14.7 Å². The number of aliphatic hydroxyl groups excluding tert-OH is 1. The fraction of sp³-hybridized carbons (Fsp3) is 0.360. The number of Topliss-reactive ketones (excluding diaryl/α,β-unsaturated/α-hetero) is 1. The van der Waals surface area contributed by atoms with Gasteiger partial charge in [0.25, 0.3) is 11.7 Å². The first-order valence-electron chi connectivity index (χ1n) is 10.8. The third kappa shape index (κ3) is 4.02. The number of fused-ring (bicyclic) bond motifs is 1. The molecule has 4 rings (SSSR count). The summed E-state index contributed by atoms with van der Waals surface area (Å²) < 4.78 is 10.9. The molecule has 6 nitrogen and oxygen atoms in total. The number of hydrogen-bond acceptors (Lipinski definition) is 5. The second kappa shape index (κ2) is 8.84. The van der Waals surface area contributed by atoms with E-state index in [-0.39, 0.29) is 18.1 Å². The normalized spacial score (nSPS) is 19.3. The molecule has 0 aromatic heterocycles. The number of unbranched alkanes of at least 4 members (excludes halogenated alkanes) is 3. The lowest BCUT2D eigenvalue weighted by Gasteiger charge is -2.25. The van der Waals surface area contributed by atoms with Crippen LogP contribution in [0.4, 0.5) is 0 Å². The molecule has 2 aliphatic rings. The number of aryl methyl sites for hydroxylation is 1. The average molecular weight is 421 g/mol. The molecule has 1 fully saturated rings. The van der Waals surface area contributed by atoms with Crippen LogP contribution in [-0.4, -0.2) is 35.0 Å². The number of aliphatic hydroxyl groups is 1. The Morgan fingerprint density at radius 1 is 1.03 bits per heavy atom. The number of rotatable bonds is 7. The third-order valence-electron chi connectivity index (χ3n) is 5.83. The van der Waals surface area contributed by atoms with E-state index >= 15 is 0 Å². The van der Waals surface area contributed by atoms with Gasteiger partial charge in [-0.1, -0.05) is 62.1 Å². The first-order valence-corrected chi connectivity index (χ1v) is 10.8. The van der Waals surface area contributed by atoms with E-state index in [4.69, 9.17) is 9.47 Å². The highest BCUT2D eigenvalue weighted by Crippen LogP contribution is 2.43. The zero-order valence-corrected chi connectivity index (χ0v) is 17.9. The number of amides is 1. The van der Waals surface area contributed by atoms with Crippen LogP contribution in [0.5, 0.6) is 11.5 Å². The van der Waals surface area contributed by atoms with E-state index in [1.807, 2.05) is 25.1 Å². The van der Waals surface area contributed by atoms with E-state index < -0.39 is 17.7 Å². The third-order valence-corrected chi connectivity index (χ3v) is 5.83. The number of benzene rings is 2. The van der Waals surface area contributed by atoms with Crippen molar-refractivity contribution in [3.8, 4) is 11.5 Å². The van der Waals surface area contributed by atoms with Gasteiger partial charge in [-0.2, -0.15) is 0 Å². The lowest BCUT2D eigenvalue weighted by Crippen LogP contribution is -2.30. The van der Waals surface area contributed by atoms with E-state index in [0.717, 1.165) is 31.2 Å². The van der Waals surface area contributed by atoms with Gasteiger partial charge in [0.2, 0.25) is 6.79 Å². The SMILES string of the molecule is CCCCCCN1C(=O)C(=O)C(=C(O)c2ccc(C)cc2)[C@H]1c1ccc2c(c1)OCO2. The van der Waals surface area contributed by atoms with Crippen LogP contribution in [0.1, 0.15) is 55.3 Å². The van der Waals surface area contributed by atoms with Gasteiger partial charge in [-0.15, -0.1) is 0 Å². The van der Waals surface area contributed by atoms with Crippen LogP contribution in [0.3, 0.4) is 0 Å². The molecule has 1 amide bonds. The Labute approximate surface area is 182 Å². The zero-order chi connectivity index (χ0) is 22.0. The van der Waals surface area contributed by atoms with Gasteiger partial charge in [-0.25, -0.2) is 0 Å². The molecule has 0 saturated carbocycles. The Hall–Kier alpha value is -3.28. The summed E-state index contributed by atoms with van der Waals surface area (Å²) >= 11 is 0. The quantitative estimate of drug-likeness (QED) is 0.303. The predicted octanol–water partition coefficient (Wildman–Crippen LogP) is 4.73. The Bertz CT molecular complexity index is 1020. The topological polar surface area (TPSA) is 76.1 Å². The number of ether oxygens (including phenoxy) is 2. The number of carbonyl (C=O) groups excluding carboxylic acids is 2. The highest BCUT2D eigenvalue weighted by Gasteiger charge is 2.46. The minimum atomic E-state index is -0.669. The van der Waals surface area contributed by atoms with Gasteiger partial charge in [0, 0.05) is 12.1 Å². The number of nitrogens with zero attached hydrogens (tertiary/aromatic N) is 1. The fourth-order valence-corrected chi connectivity index (χ4v) is 4.12. The van der Waals surface area contributed by atoms with Crippen LogP contribution in [0, 0.1) is 6.92 Å². The molecule has 0 aliphatic carbocycles. The smallest absolute Gasteiger partial charge is 0.295 e. The van der Waals surface area contributed by atoms with Crippen LogP contribution >= 0.6 is 0 Å². The first kappa shape index (κ1) is 21.0. The van der Waals surface area contributed by atoms with E-state index in [1.165, 1.54) is 0 Å². The van der Waals surface area contributed by atoms with Crippen LogP contribution < -0.4 is 9.47 Å². The summed E-state index contributed by atoms with van der Waals surface area (Å²) in [5, 5.41) is 11.1. The van der Waals surface area contributed by atoms with E-state index in [1.54, 1.807) is 29.2 Å². The largest absolute Gasteiger partial charge is 0.507 e. The summed E-state index contributed by atoms with van der Waals surface area (Å²) in [6.07, 6.45) is 3.93. The van der Waals surface area contributed by atoms with Crippen molar-refractivity contribution in [2.45, 2.75) is 45.6 Å². The van der Waals surface area contributed by atoms with Crippen LogP contribution in [-0.2, 0) is 9.59 Å². The van der Waals surface area contributed by atoms with E-state index in [2.05, 4.69) is 6.92 Å². The van der Waals surface area contributed by atoms with Crippen molar-refractivity contribution in [3.63, 3.8) is 0 Å². The maximum atomic E-state index is 13.0. The molecule has 0 spiro atoms. The number of carbonyl (C=O) groups is 2. The molecule has 2 aromatic carbocycles. The Balaban J connectivity index is 1.77. The molecule has 2 aromatic rings. The monoisotopic (exact) mass is 421 g/mol. The van der Waals surface area contributed by atoms with Crippen LogP contribution in [0.25, 0.3) is 5.76 Å². The first-order chi connectivity index (χ1) is 15.0. The predicted molar refractivity (Wildman–Crippen MR) is 117 cm³/mol. The minimum absolute atomic E-state index is 0.114. The summed E-state index contributed by atoms with van der Waals surface area (Å²) in [6, 6.07) is 12.0. The van der Waals surface area contributed by atoms with Gasteiger partial charge >= 0.3 is 0 Å². The summed E-state index contributed by atoms with van der Waals surface area (Å²) in [5.41, 5.74) is 2.39. The highest BCUT2D eigenvalue weighted by atomic mass is 16.7. The Morgan fingerprint density at radius 2 is 1.77 bits per heavy atom. The van der Waals surface area contributed by atoms with Crippen molar-refractivity contribution in [3.05, 3.63) is 64.7 Å². The summed E-state index contributed by atoms with van der Waals surface area (Å²) in [6.45, 7) is 4.67. The molecular weight excluding hydrogens is 394 g/mol. The average Bonchev–Trinajstić information content (AvgIpc) is 3.34. The molecule has 0 bridgehead atoms. The molecular formula is C25H27NO5. The van der Waals surface area contributed by atoms with Crippen LogP contribution in [0.15, 0.2) is 48.0 Å². The lowest BCUT2D eigenvalue weighted by molar-refractivity contribution is -0.139. The molecule has 1 atom stereocenters. The maximum Gasteiger partial charge on any atom is 0.295 e. The molecule has 0 unspecified atom stereocenters. The molecule has 0 radical (unpaired) electrons. The van der Waals surface area contributed by atoms with E-state index in [0.29, 0.717) is 29.2 Å². The lowest BCUT2D eigenvalue weighted by atomic mass is 9.94. The molecule has 31 heavy (non-hydrogen) atoms. The van der Waals surface area contributed by atoms with Crippen molar-refractivity contribution in [2.75, 3.05) is 13.3 Å². The van der Waals surface area contributed by atoms with Gasteiger partial charge in [0.05, 0.1) is 11.6 Å². The Morgan fingerprint density at radius 3 is 2.52 bits per heavy atom. The number of ketones is 1. The van der Waals surface area contributed by atoms with Gasteiger partial charge in [0.1, 0.15) is 5.76 Å². The summed E-state index contributed by atoms with van der Waals surface area (Å²) in [5.74, 6) is -0.187. The van der Waals surface area contributed by atoms with Crippen molar-refractivity contribution < 1.29 is 24.2 Å². The molecule has 6 heteroatoms. The van der Waals surface area contributed by atoms with Crippen LogP contribution in [0.2, 0.25) is 0 Å². The zero-order valence-electron chi connectivity index (χ0n) is 17.9. The van der Waals surface area contributed by atoms with Gasteiger partial charge in [-0.05, 0) is 31.0 Å². The second-order valence-corrected chi connectivity index (χ2v) is 8.03.